The Labute approximate surface area is 139 Å². The van der Waals surface area contributed by atoms with E-state index >= 15 is 0 Å². The molecule has 0 N–H and O–H groups in total. The third-order valence-electron chi connectivity index (χ3n) is 4.62. The molecule has 7 heteroatoms. The van der Waals surface area contributed by atoms with Gasteiger partial charge in [-0.25, -0.2) is 4.68 Å². The number of rotatable bonds is 1. The minimum atomic E-state index is -3.29. The summed E-state index contributed by atoms with van der Waals surface area (Å²) < 4.78 is 35.5. The number of fused-ring (bicyclic) bond motifs is 2. The largest absolute Gasteiger partial charge is 0.356 e. The third-order valence-corrected chi connectivity index (χ3v) is 5.44. The lowest BCUT2D eigenvalue weighted by Crippen LogP contribution is -2.34. The van der Waals surface area contributed by atoms with Crippen molar-refractivity contribution in [1.29, 1.82) is 0 Å². The molecule has 1 fully saturated rings. The van der Waals surface area contributed by atoms with Crippen molar-refractivity contribution in [2.24, 2.45) is 0 Å². The average Bonchev–Trinajstić information content (AvgIpc) is 2.96. The minimum absolute atomic E-state index is 0.0952. The van der Waals surface area contributed by atoms with Crippen LogP contribution in [0.2, 0.25) is 0 Å². The molecule has 1 aliphatic carbocycles. The molecule has 2 aliphatic rings. The Morgan fingerprint density at radius 3 is 2.96 bits per heavy atom. The van der Waals surface area contributed by atoms with Crippen molar-refractivity contribution in [3.63, 3.8) is 0 Å². The molecule has 0 saturated carbocycles. The van der Waals surface area contributed by atoms with Crippen LogP contribution in [0, 0.1) is 0 Å². The fourth-order valence-corrected chi connectivity index (χ4v) is 4.11. The number of alkyl halides is 2. The van der Waals surface area contributed by atoms with Gasteiger partial charge in [0.15, 0.2) is 6.23 Å². The number of Topliss-reactive ketones (excluding diaryl/α,β-unsaturated/α-hetero) is 1. The second-order valence-corrected chi connectivity index (χ2v) is 6.89. The number of aromatic nitrogens is 2. The highest BCUT2D eigenvalue weighted by atomic mass is 79.9. The summed E-state index contributed by atoms with van der Waals surface area (Å²) in [5, 5.41) is 5.05. The predicted molar refractivity (Wildman–Crippen MR) is 83.9 cm³/mol. The van der Waals surface area contributed by atoms with Gasteiger partial charge in [-0.3, -0.25) is 4.79 Å². The number of carbonyl (C=O) groups is 1. The molecule has 2 aromatic rings. The van der Waals surface area contributed by atoms with E-state index in [4.69, 9.17) is 4.74 Å². The summed E-state index contributed by atoms with van der Waals surface area (Å²) in [6.07, 6.45) is 4.21. The van der Waals surface area contributed by atoms with Crippen molar-refractivity contribution in [1.82, 2.24) is 9.78 Å². The summed E-state index contributed by atoms with van der Waals surface area (Å²) in [6.45, 7) is 0.697. The molecule has 1 aromatic heterocycles. The standard InChI is InChI=1S/C16H15BrF2N2O2/c17-14-10-8-20-21(12-3-1-2-6-23-12)11(10)7-9-4-5-16(18,19)15(22)13(9)14/h7-8,12H,1-6H2. The lowest BCUT2D eigenvalue weighted by atomic mass is 9.87. The van der Waals surface area contributed by atoms with Gasteiger partial charge in [0.1, 0.15) is 0 Å². The maximum absolute atomic E-state index is 13.7. The van der Waals surface area contributed by atoms with Crippen LogP contribution < -0.4 is 0 Å². The van der Waals surface area contributed by atoms with Gasteiger partial charge in [-0.2, -0.15) is 13.9 Å². The van der Waals surface area contributed by atoms with Crippen molar-refractivity contribution in [3.8, 4) is 0 Å². The zero-order valence-corrected chi connectivity index (χ0v) is 13.9. The average molecular weight is 385 g/mol. The molecule has 4 rings (SSSR count). The Hall–Kier alpha value is -1.34. The monoisotopic (exact) mass is 384 g/mol. The molecule has 0 radical (unpaired) electrons. The molecule has 1 aromatic carbocycles. The number of hydrogen-bond donors (Lipinski definition) is 0. The Morgan fingerprint density at radius 1 is 1.39 bits per heavy atom. The topological polar surface area (TPSA) is 44.1 Å². The van der Waals surface area contributed by atoms with E-state index in [0.29, 0.717) is 22.0 Å². The van der Waals surface area contributed by atoms with Crippen LogP contribution in [-0.4, -0.2) is 28.1 Å². The van der Waals surface area contributed by atoms with Gasteiger partial charge >= 0.3 is 5.92 Å². The predicted octanol–water partition coefficient (Wildman–Crippen LogP) is 4.26. The first kappa shape index (κ1) is 15.2. The Kier molecular flexibility index (Phi) is 3.53. The second kappa shape index (κ2) is 5.34. The summed E-state index contributed by atoms with van der Waals surface area (Å²) >= 11 is 3.35. The molecule has 4 nitrogen and oxygen atoms in total. The van der Waals surface area contributed by atoms with E-state index in [0.717, 1.165) is 24.8 Å². The Bertz CT molecular complexity index is 797. The SMILES string of the molecule is O=C1c2c(cc3c(cnn3C3CCCCO3)c2Br)CCC1(F)F. The van der Waals surface area contributed by atoms with Crippen LogP contribution in [0.25, 0.3) is 10.9 Å². The van der Waals surface area contributed by atoms with Crippen molar-refractivity contribution in [2.75, 3.05) is 6.61 Å². The van der Waals surface area contributed by atoms with Crippen LogP contribution in [0.5, 0.6) is 0 Å². The second-order valence-electron chi connectivity index (χ2n) is 6.10. The number of hydrogen-bond acceptors (Lipinski definition) is 3. The van der Waals surface area contributed by atoms with Gasteiger partial charge in [0, 0.05) is 28.5 Å². The highest BCUT2D eigenvalue weighted by Crippen LogP contribution is 2.41. The number of benzene rings is 1. The molecule has 1 aliphatic heterocycles. The maximum atomic E-state index is 13.7. The molecule has 1 saturated heterocycles. The lowest BCUT2D eigenvalue weighted by molar-refractivity contribution is -0.0366. The van der Waals surface area contributed by atoms with E-state index in [9.17, 15) is 13.6 Å². The van der Waals surface area contributed by atoms with Crippen LogP contribution in [0.15, 0.2) is 16.7 Å². The molecule has 0 spiro atoms. The molecule has 1 unspecified atom stereocenters. The zero-order valence-electron chi connectivity index (χ0n) is 12.3. The van der Waals surface area contributed by atoms with Crippen LogP contribution >= 0.6 is 15.9 Å². The first-order valence-electron chi connectivity index (χ1n) is 7.72. The summed E-state index contributed by atoms with van der Waals surface area (Å²) in [5.74, 6) is -4.39. The third kappa shape index (κ3) is 2.32. The minimum Gasteiger partial charge on any atom is -0.356 e. The van der Waals surface area contributed by atoms with Gasteiger partial charge in [-0.15, -0.1) is 0 Å². The van der Waals surface area contributed by atoms with Crippen molar-refractivity contribution < 1.29 is 18.3 Å². The molecule has 0 bridgehead atoms. The van der Waals surface area contributed by atoms with Gasteiger partial charge in [0.05, 0.1) is 11.7 Å². The fraction of sp³-hybridized carbons (Fsp3) is 0.500. The van der Waals surface area contributed by atoms with Gasteiger partial charge < -0.3 is 4.74 Å². The fourth-order valence-electron chi connectivity index (χ4n) is 3.37. The Morgan fingerprint density at radius 2 is 2.22 bits per heavy atom. The smallest absolute Gasteiger partial charge is 0.310 e. The number of halogens is 3. The van der Waals surface area contributed by atoms with Crippen molar-refractivity contribution in [2.45, 2.75) is 44.3 Å². The van der Waals surface area contributed by atoms with Gasteiger partial charge in [0.2, 0.25) is 5.78 Å². The van der Waals surface area contributed by atoms with E-state index < -0.39 is 18.1 Å². The molecule has 23 heavy (non-hydrogen) atoms. The highest BCUT2D eigenvalue weighted by molar-refractivity contribution is 9.10. The molecular weight excluding hydrogens is 370 g/mol. The number of carbonyl (C=O) groups excluding carboxylic acids is 1. The van der Waals surface area contributed by atoms with E-state index in [1.54, 1.807) is 10.9 Å². The molecular formula is C16H15BrF2N2O2. The first-order valence-corrected chi connectivity index (χ1v) is 8.51. The van der Waals surface area contributed by atoms with Crippen LogP contribution in [-0.2, 0) is 11.2 Å². The number of nitrogens with zero attached hydrogens (tertiary/aromatic N) is 2. The summed E-state index contributed by atoms with van der Waals surface area (Å²) in [4.78, 5) is 12.1. The summed E-state index contributed by atoms with van der Waals surface area (Å²) in [6, 6.07) is 1.81. The quantitative estimate of drug-likeness (QED) is 0.737. The van der Waals surface area contributed by atoms with Crippen molar-refractivity contribution >= 4 is 32.6 Å². The van der Waals surface area contributed by atoms with E-state index in [1.807, 2.05) is 6.07 Å². The van der Waals surface area contributed by atoms with Gasteiger partial charge in [-0.05, 0) is 53.2 Å². The zero-order chi connectivity index (χ0) is 16.2. The van der Waals surface area contributed by atoms with Gasteiger partial charge in [0.25, 0.3) is 0 Å². The van der Waals surface area contributed by atoms with E-state index in [2.05, 4.69) is 21.0 Å². The van der Waals surface area contributed by atoms with Crippen LogP contribution in [0.1, 0.15) is 47.8 Å². The van der Waals surface area contributed by atoms with E-state index in [1.165, 1.54) is 0 Å². The maximum Gasteiger partial charge on any atom is 0.310 e. The van der Waals surface area contributed by atoms with Crippen LogP contribution in [0.4, 0.5) is 8.78 Å². The molecule has 0 amide bonds. The normalized spacial score (nSPS) is 24.0. The molecule has 2 heterocycles. The van der Waals surface area contributed by atoms with E-state index in [-0.39, 0.29) is 18.2 Å². The van der Waals surface area contributed by atoms with Crippen molar-refractivity contribution in [3.05, 3.63) is 27.9 Å². The Balaban J connectivity index is 1.87. The van der Waals surface area contributed by atoms with Gasteiger partial charge in [-0.1, -0.05) is 0 Å². The summed E-state index contributed by atoms with van der Waals surface area (Å²) in [7, 11) is 0. The molecule has 122 valence electrons. The summed E-state index contributed by atoms with van der Waals surface area (Å²) in [5.41, 5.74) is 1.57. The molecule has 1 atom stereocenters. The lowest BCUT2D eigenvalue weighted by Gasteiger charge is -2.26. The first-order chi connectivity index (χ1) is 11.0. The highest BCUT2D eigenvalue weighted by Gasteiger charge is 2.44. The van der Waals surface area contributed by atoms with Crippen LogP contribution in [0.3, 0.4) is 0 Å². The number of ketones is 1. The number of aryl methyl sites for hydroxylation is 1. The number of ether oxygens (including phenoxy) is 1.